The first-order valence-corrected chi connectivity index (χ1v) is 13.3. The van der Waals surface area contributed by atoms with Gasteiger partial charge in [-0.3, -0.25) is 14.4 Å². The fourth-order valence-corrected chi connectivity index (χ4v) is 8.94. The Labute approximate surface area is 200 Å². The van der Waals surface area contributed by atoms with E-state index < -0.39 is 5.41 Å². The van der Waals surface area contributed by atoms with Crippen LogP contribution >= 0.6 is 0 Å². The number of carbonyl (C=O) groups is 3. The average molecular weight is 453 g/mol. The molecule has 182 valence electrons. The van der Waals surface area contributed by atoms with Gasteiger partial charge < -0.3 is 0 Å². The van der Waals surface area contributed by atoms with Gasteiger partial charge in [-0.15, -0.1) is 0 Å². The first-order chi connectivity index (χ1) is 15.3. The Hall–Kier alpha value is -1.51. The SMILES string of the molecule is C/C(C=O)=C\CC[C@@H](C)[C@H]1CC[C@@]2(C)C3=C(CC[C@]12C)[C@@]1(C)CCC(=O)C(C)(C)[C@@H]1CC3=O. The Morgan fingerprint density at radius 2 is 1.76 bits per heavy atom. The summed E-state index contributed by atoms with van der Waals surface area (Å²) in [6.45, 7) is 15.7. The molecule has 4 rings (SSSR count). The van der Waals surface area contributed by atoms with Gasteiger partial charge in [-0.25, -0.2) is 0 Å². The van der Waals surface area contributed by atoms with Crippen molar-refractivity contribution in [2.45, 2.75) is 106 Å². The molecule has 4 aliphatic carbocycles. The number of fused-ring (bicyclic) bond motifs is 4. The third-order valence-electron chi connectivity index (χ3n) is 11.3. The zero-order chi connectivity index (χ0) is 24.4. The Balaban J connectivity index is 1.68. The van der Waals surface area contributed by atoms with Crippen LogP contribution in [0.15, 0.2) is 22.8 Å². The Morgan fingerprint density at radius 1 is 1.06 bits per heavy atom. The predicted molar refractivity (Wildman–Crippen MR) is 133 cm³/mol. The van der Waals surface area contributed by atoms with E-state index in [9.17, 15) is 14.4 Å². The molecule has 4 aliphatic rings. The summed E-state index contributed by atoms with van der Waals surface area (Å²) in [6.07, 6.45) is 11.6. The van der Waals surface area contributed by atoms with Crippen LogP contribution in [0.2, 0.25) is 0 Å². The van der Waals surface area contributed by atoms with Crippen molar-refractivity contribution in [2.75, 3.05) is 0 Å². The molecule has 2 fully saturated rings. The van der Waals surface area contributed by atoms with E-state index in [2.05, 4.69) is 47.6 Å². The molecule has 0 radical (unpaired) electrons. The molecule has 3 nitrogen and oxygen atoms in total. The molecular weight excluding hydrogens is 408 g/mol. The van der Waals surface area contributed by atoms with Crippen LogP contribution in [0.3, 0.4) is 0 Å². The highest BCUT2D eigenvalue weighted by atomic mass is 16.1. The molecule has 0 aliphatic heterocycles. The van der Waals surface area contributed by atoms with Crippen LogP contribution in [0, 0.1) is 39.4 Å². The van der Waals surface area contributed by atoms with Crippen LogP contribution in [0.4, 0.5) is 0 Å². The number of ketones is 2. The zero-order valence-electron chi connectivity index (χ0n) is 22.0. The van der Waals surface area contributed by atoms with E-state index in [0.29, 0.717) is 36.2 Å². The lowest BCUT2D eigenvalue weighted by Crippen LogP contribution is -2.56. The molecule has 6 atom stereocenters. The largest absolute Gasteiger partial charge is 0.299 e. The summed E-state index contributed by atoms with van der Waals surface area (Å²) in [7, 11) is 0. The van der Waals surface area contributed by atoms with E-state index >= 15 is 0 Å². The summed E-state index contributed by atoms with van der Waals surface area (Å²) in [6, 6.07) is 0. The highest BCUT2D eigenvalue weighted by Gasteiger charge is 2.65. The molecule has 0 spiro atoms. The molecule has 0 aromatic carbocycles. The molecule has 0 heterocycles. The van der Waals surface area contributed by atoms with Crippen molar-refractivity contribution in [1.82, 2.24) is 0 Å². The zero-order valence-corrected chi connectivity index (χ0v) is 22.0. The monoisotopic (exact) mass is 452 g/mol. The second-order valence-corrected chi connectivity index (χ2v) is 13.1. The van der Waals surface area contributed by atoms with Gasteiger partial charge in [-0.2, -0.15) is 0 Å². The summed E-state index contributed by atoms with van der Waals surface area (Å²) >= 11 is 0. The second kappa shape index (κ2) is 8.02. The van der Waals surface area contributed by atoms with Gasteiger partial charge in [0.05, 0.1) is 0 Å². The number of hydrogen-bond acceptors (Lipinski definition) is 3. The lowest BCUT2D eigenvalue weighted by molar-refractivity contribution is -0.142. The predicted octanol–water partition coefficient (Wildman–Crippen LogP) is 7.05. The second-order valence-electron chi connectivity index (χ2n) is 13.1. The van der Waals surface area contributed by atoms with Crippen molar-refractivity contribution >= 4 is 17.9 Å². The number of hydrogen-bond donors (Lipinski definition) is 0. The Bertz CT molecular complexity index is 936. The molecule has 2 saturated carbocycles. The van der Waals surface area contributed by atoms with Gasteiger partial charge in [0, 0.05) is 29.2 Å². The molecule has 0 aromatic heterocycles. The lowest BCUT2D eigenvalue weighted by atomic mass is 9.43. The molecule has 0 bridgehead atoms. The first kappa shape index (κ1) is 24.6. The van der Waals surface area contributed by atoms with E-state index in [4.69, 9.17) is 0 Å². The van der Waals surface area contributed by atoms with E-state index in [1.54, 1.807) is 0 Å². The number of rotatable bonds is 5. The van der Waals surface area contributed by atoms with Crippen LogP contribution in [-0.4, -0.2) is 17.9 Å². The van der Waals surface area contributed by atoms with Crippen LogP contribution in [0.25, 0.3) is 0 Å². The summed E-state index contributed by atoms with van der Waals surface area (Å²) in [5.74, 6) is 1.98. The third-order valence-corrected chi connectivity index (χ3v) is 11.3. The maximum Gasteiger partial charge on any atom is 0.159 e. The molecular formula is C30H44O3. The van der Waals surface area contributed by atoms with E-state index in [0.717, 1.165) is 50.4 Å². The number of aldehydes is 1. The topological polar surface area (TPSA) is 51.2 Å². The van der Waals surface area contributed by atoms with Gasteiger partial charge in [0.1, 0.15) is 12.1 Å². The fraction of sp³-hybridized carbons (Fsp3) is 0.767. The van der Waals surface area contributed by atoms with Crippen molar-refractivity contribution < 1.29 is 14.4 Å². The van der Waals surface area contributed by atoms with Gasteiger partial charge in [0.25, 0.3) is 0 Å². The minimum atomic E-state index is -0.414. The van der Waals surface area contributed by atoms with Crippen LogP contribution in [0.5, 0.6) is 0 Å². The van der Waals surface area contributed by atoms with Gasteiger partial charge in [0.2, 0.25) is 0 Å². The third kappa shape index (κ3) is 3.39. The maximum atomic E-state index is 13.9. The van der Waals surface area contributed by atoms with Gasteiger partial charge in [0.15, 0.2) is 5.78 Å². The number of carbonyl (C=O) groups excluding carboxylic acids is 3. The molecule has 0 unspecified atom stereocenters. The van der Waals surface area contributed by atoms with Crippen molar-refractivity contribution in [3.05, 3.63) is 22.8 Å². The van der Waals surface area contributed by atoms with Crippen LogP contribution < -0.4 is 0 Å². The number of Topliss-reactive ketones (excluding diaryl/α,β-unsaturated/α-hetero) is 2. The van der Waals surface area contributed by atoms with E-state index in [-0.39, 0.29) is 22.2 Å². The van der Waals surface area contributed by atoms with Crippen molar-refractivity contribution in [3.63, 3.8) is 0 Å². The minimum absolute atomic E-state index is 0.0220. The lowest BCUT2D eigenvalue weighted by Gasteiger charge is -2.60. The van der Waals surface area contributed by atoms with Crippen molar-refractivity contribution in [2.24, 2.45) is 39.4 Å². The molecule has 0 aromatic rings. The van der Waals surface area contributed by atoms with E-state index in [1.807, 2.05) is 6.92 Å². The summed E-state index contributed by atoms with van der Waals surface area (Å²) in [5.41, 5.74) is 3.04. The van der Waals surface area contributed by atoms with Crippen LogP contribution in [0.1, 0.15) is 106 Å². The maximum absolute atomic E-state index is 13.9. The molecule has 0 amide bonds. The standard InChI is InChI=1S/C30H44O3/c1-19(18-31)9-8-10-20(2)21-11-16-30(7)26-22(12-15-29(21,30)6)28(5)14-13-25(33)27(3,4)24(28)17-23(26)32/h9,18,20-21,24H,8,10-17H2,1-7H3/b19-9+/t20-,21-,24+,28-,29-,30+/m1/s1. The summed E-state index contributed by atoms with van der Waals surface area (Å²) in [4.78, 5) is 37.6. The smallest absolute Gasteiger partial charge is 0.159 e. The van der Waals surface area contributed by atoms with E-state index in [1.165, 1.54) is 17.6 Å². The normalized spacial score (nSPS) is 41.4. The summed E-state index contributed by atoms with van der Waals surface area (Å²) in [5, 5.41) is 0. The first-order valence-electron chi connectivity index (χ1n) is 13.3. The number of allylic oxidation sites excluding steroid dienone is 4. The highest BCUT2D eigenvalue weighted by Crippen LogP contribution is 2.71. The van der Waals surface area contributed by atoms with Gasteiger partial charge in [-0.1, -0.05) is 53.2 Å². The molecule has 0 N–H and O–H groups in total. The minimum Gasteiger partial charge on any atom is -0.299 e. The average Bonchev–Trinajstić information content (AvgIpc) is 3.04. The van der Waals surface area contributed by atoms with Crippen molar-refractivity contribution in [1.29, 1.82) is 0 Å². The van der Waals surface area contributed by atoms with Crippen LogP contribution in [-0.2, 0) is 14.4 Å². The Kier molecular flexibility index (Phi) is 5.98. The van der Waals surface area contributed by atoms with Gasteiger partial charge >= 0.3 is 0 Å². The summed E-state index contributed by atoms with van der Waals surface area (Å²) < 4.78 is 0. The quantitative estimate of drug-likeness (QED) is 0.332. The van der Waals surface area contributed by atoms with Gasteiger partial charge in [-0.05, 0) is 86.0 Å². The molecule has 33 heavy (non-hydrogen) atoms. The Morgan fingerprint density at radius 3 is 2.42 bits per heavy atom. The molecule has 0 saturated heterocycles. The fourth-order valence-electron chi connectivity index (χ4n) is 8.94. The highest BCUT2D eigenvalue weighted by molar-refractivity contribution is 6.00. The van der Waals surface area contributed by atoms with Crippen molar-refractivity contribution in [3.8, 4) is 0 Å². The molecule has 3 heteroatoms.